The summed E-state index contributed by atoms with van der Waals surface area (Å²) in [5.74, 6) is 0.911. The van der Waals surface area contributed by atoms with Crippen LogP contribution in [0.4, 0.5) is 5.95 Å². The number of aromatic nitrogens is 3. The molecule has 0 atom stereocenters. The number of anilines is 1. The maximum atomic E-state index is 12.0. The highest BCUT2D eigenvalue weighted by molar-refractivity contribution is 7.71. The number of para-hydroxylation sites is 1. The molecule has 1 N–H and O–H groups in total. The van der Waals surface area contributed by atoms with E-state index in [0.29, 0.717) is 24.5 Å². The average molecular weight is 403 g/mol. The molecule has 0 spiro atoms. The Morgan fingerprint density at radius 2 is 1.93 bits per heavy atom. The third kappa shape index (κ3) is 4.99. The highest BCUT2D eigenvalue weighted by Crippen LogP contribution is 2.23. The molecular formula is C20H30N6OS. The van der Waals surface area contributed by atoms with Gasteiger partial charge in [-0.15, -0.1) is 5.10 Å². The Kier molecular flexibility index (Phi) is 7.22. The molecule has 1 amide bonds. The van der Waals surface area contributed by atoms with Crippen molar-refractivity contribution in [3.63, 3.8) is 0 Å². The second-order valence-corrected chi connectivity index (χ2v) is 7.67. The SMILES string of the molecule is CCCNC(=O)CN(C)Cn1nc(N2CCCCC2)n(-c2ccccc2)c1=S. The molecule has 1 fully saturated rings. The first kappa shape index (κ1) is 20.5. The van der Waals surface area contributed by atoms with E-state index in [1.54, 1.807) is 0 Å². The molecule has 0 bridgehead atoms. The third-order valence-corrected chi connectivity index (χ3v) is 5.23. The Hall–Kier alpha value is -2.19. The van der Waals surface area contributed by atoms with Gasteiger partial charge in [0, 0.05) is 19.6 Å². The minimum atomic E-state index is 0.0228. The number of likely N-dealkylation sites (N-methyl/N-ethyl adjacent to an activating group) is 1. The molecule has 1 aromatic heterocycles. The lowest BCUT2D eigenvalue weighted by Crippen LogP contribution is -2.36. The first-order valence-corrected chi connectivity index (χ1v) is 10.5. The number of carbonyl (C=O) groups excluding carboxylic acids is 1. The normalized spacial score (nSPS) is 14.5. The summed E-state index contributed by atoms with van der Waals surface area (Å²) in [6.07, 6.45) is 4.54. The third-order valence-electron chi connectivity index (χ3n) is 4.84. The molecule has 1 aliphatic rings. The molecule has 1 aliphatic heterocycles. The fourth-order valence-corrected chi connectivity index (χ4v) is 3.72. The quantitative estimate of drug-likeness (QED) is 0.688. The number of hydrogen-bond donors (Lipinski definition) is 1. The second kappa shape index (κ2) is 9.84. The van der Waals surface area contributed by atoms with Crippen molar-refractivity contribution in [2.45, 2.75) is 39.3 Å². The van der Waals surface area contributed by atoms with E-state index >= 15 is 0 Å². The lowest BCUT2D eigenvalue weighted by atomic mass is 10.1. The van der Waals surface area contributed by atoms with Gasteiger partial charge in [0.15, 0.2) is 0 Å². The van der Waals surface area contributed by atoms with E-state index in [2.05, 4.69) is 22.3 Å². The van der Waals surface area contributed by atoms with E-state index in [4.69, 9.17) is 17.3 Å². The summed E-state index contributed by atoms with van der Waals surface area (Å²) in [7, 11) is 1.91. The van der Waals surface area contributed by atoms with Gasteiger partial charge in [-0.1, -0.05) is 25.1 Å². The zero-order valence-electron chi connectivity index (χ0n) is 16.8. The standard InChI is InChI=1S/C20H30N6OS/c1-3-12-21-18(27)15-23(2)16-25-20(28)26(17-10-6-4-7-11-17)19(22-25)24-13-8-5-9-14-24/h4,6-7,10-11H,3,5,8-9,12-16H2,1-2H3,(H,21,27). The lowest BCUT2D eigenvalue weighted by molar-refractivity contribution is -0.122. The van der Waals surface area contributed by atoms with Gasteiger partial charge in [0.2, 0.25) is 16.6 Å². The predicted molar refractivity (Wildman–Crippen MR) is 114 cm³/mol. The summed E-state index contributed by atoms with van der Waals surface area (Å²) in [5.41, 5.74) is 1.02. The van der Waals surface area contributed by atoms with Gasteiger partial charge in [0.1, 0.15) is 0 Å². The van der Waals surface area contributed by atoms with Crippen molar-refractivity contribution in [1.82, 2.24) is 24.6 Å². The summed E-state index contributed by atoms with van der Waals surface area (Å²) < 4.78 is 4.51. The van der Waals surface area contributed by atoms with Gasteiger partial charge in [0.05, 0.1) is 18.9 Å². The van der Waals surface area contributed by atoms with Crippen LogP contribution in [0.2, 0.25) is 0 Å². The largest absolute Gasteiger partial charge is 0.355 e. The molecular weight excluding hydrogens is 372 g/mol. The molecule has 3 rings (SSSR count). The van der Waals surface area contributed by atoms with E-state index in [9.17, 15) is 4.79 Å². The van der Waals surface area contributed by atoms with Crippen molar-refractivity contribution in [3.8, 4) is 5.69 Å². The minimum absolute atomic E-state index is 0.0228. The Bertz CT molecular complexity index is 825. The van der Waals surface area contributed by atoms with Crippen molar-refractivity contribution in [3.05, 3.63) is 35.1 Å². The Balaban J connectivity index is 1.85. The number of nitrogens with zero attached hydrogens (tertiary/aromatic N) is 5. The second-order valence-electron chi connectivity index (χ2n) is 7.31. The van der Waals surface area contributed by atoms with E-state index in [0.717, 1.165) is 31.1 Å². The van der Waals surface area contributed by atoms with Gasteiger partial charge >= 0.3 is 0 Å². The van der Waals surface area contributed by atoms with Gasteiger partial charge < -0.3 is 10.2 Å². The van der Waals surface area contributed by atoms with Crippen LogP contribution in [0.1, 0.15) is 32.6 Å². The molecule has 0 saturated carbocycles. The van der Waals surface area contributed by atoms with Crippen molar-refractivity contribution in [2.75, 3.05) is 38.1 Å². The molecule has 7 nitrogen and oxygen atoms in total. The molecule has 0 radical (unpaired) electrons. The van der Waals surface area contributed by atoms with Crippen LogP contribution >= 0.6 is 12.2 Å². The molecule has 2 heterocycles. The topological polar surface area (TPSA) is 58.3 Å². The summed E-state index contributed by atoms with van der Waals surface area (Å²) in [6.45, 7) is 5.52. The first-order valence-electron chi connectivity index (χ1n) is 10.1. The number of benzene rings is 1. The molecule has 8 heteroatoms. The molecule has 1 saturated heterocycles. The van der Waals surface area contributed by atoms with Crippen LogP contribution in [0.15, 0.2) is 30.3 Å². The number of rotatable bonds is 8. The highest BCUT2D eigenvalue weighted by atomic mass is 32.1. The molecule has 1 aromatic carbocycles. The van der Waals surface area contributed by atoms with Crippen LogP contribution in [-0.4, -0.2) is 58.4 Å². The van der Waals surface area contributed by atoms with Crippen LogP contribution in [-0.2, 0) is 11.5 Å². The Labute approximate surface area is 171 Å². The fraction of sp³-hybridized carbons (Fsp3) is 0.550. The van der Waals surface area contributed by atoms with E-state index in [-0.39, 0.29) is 5.91 Å². The monoisotopic (exact) mass is 402 g/mol. The molecule has 0 aliphatic carbocycles. The molecule has 28 heavy (non-hydrogen) atoms. The lowest BCUT2D eigenvalue weighted by Gasteiger charge is -2.27. The van der Waals surface area contributed by atoms with E-state index < -0.39 is 0 Å². The maximum Gasteiger partial charge on any atom is 0.234 e. The zero-order chi connectivity index (χ0) is 19.9. The van der Waals surface area contributed by atoms with Gasteiger partial charge in [-0.05, 0) is 57.1 Å². The van der Waals surface area contributed by atoms with Crippen LogP contribution in [0.5, 0.6) is 0 Å². The summed E-state index contributed by atoms with van der Waals surface area (Å²) in [6, 6.07) is 10.1. The Morgan fingerprint density at radius 3 is 2.61 bits per heavy atom. The molecule has 2 aromatic rings. The van der Waals surface area contributed by atoms with Crippen LogP contribution in [0.25, 0.3) is 5.69 Å². The van der Waals surface area contributed by atoms with E-state index in [1.165, 1.54) is 19.3 Å². The first-order chi connectivity index (χ1) is 13.6. The maximum absolute atomic E-state index is 12.0. The fourth-order valence-electron chi connectivity index (χ4n) is 3.43. The van der Waals surface area contributed by atoms with Gasteiger partial charge in [-0.2, -0.15) is 0 Å². The van der Waals surface area contributed by atoms with Crippen LogP contribution in [0, 0.1) is 4.77 Å². The number of nitrogens with one attached hydrogen (secondary N) is 1. The van der Waals surface area contributed by atoms with Crippen LogP contribution in [0.3, 0.4) is 0 Å². The molecule has 152 valence electrons. The summed E-state index contributed by atoms with van der Waals surface area (Å²) in [5, 5.41) is 7.76. The summed E-state index contributed by atoms with van der Waals surface area (Å²) >= 11 is 5.78. The van der Waals surface area contributed by atoms with E-state index in [1.807, 2.05) is 46.3 Å². The number of carbonyl (C=O) groups is 1. The van der Waals surface area contributed by atoms with Gasteiger partial charge in [-0.25, -0.2) is 4.68 Å². The predicted octanol–water partition coefficient (Wildman–Crippen LogP) is 2.81. The van der Waals surface area contributed by atoms with Crippen LogP contribution < -0.4 is 10.2 Å². The number of piperidine rings is 1. The van der Waals surface area contributed by atoms with Gasteiger partial charge in [0.25, 0.3) is 0 Å². The van der Waals surface area contributed by atoms with Crippen molar-refractivity contribution < 1.29 is 4.79 Å². The molecule has 0 unspecified atom stereocenters. The summed E-state index contributed by atoms with van der Waals surface area (Å²) in [4.78, 5) is 16.3. The average Bonchev–Trinajstić information content (AvgIpc) is 3.03. The van der Waals surface area contributed by atoms with Crippen molar-refractivity contribution >= 4 is 24.1 Å². The van der Waals surface area contributed by atoms with Gasteiger partial charge in [-0.3, -0.25) is 14.3 Å². The van der Waals surface area contributed by atoms with Crippen molar-refractivity contribution in [2.24, 2.45) is 0 Å². The Morgan fingerprint density at radius 1 is 1.21 bits per heavy atom. The number of amides is 1. The smallest absolute Gasteiger partial charge is 0.234 e. The van der Waals surface area contributed by atoms with Crippen molar-refractivity contribution in [1.29, 1.82) is 0 Å². The zero-order valence-corrected chi connectivity index (χ0v) is 17.6. The number of hydrogen-bond acceptors (Lipinski definition) is 5. The minimum Gasteiger partial charge on any atom is -0.355 e. The highest BCUT2D eigenvalue weighted by Gasteiger charge is 2.21.